The molecule has 1 amide bonds. The number of hydrogen-bond donors (Lipinski definition) is 1. The van der Waals surface area contributed by atoms with Crippen LogP contribution in [0.4, 0.5) is 11.4 Å². The van der Waals surface area contributed by atoms with Crippen LogP contribution in [0, 0.1) is 0 Å². The Morgan fingerprint density at radius 3 is 2.80 bits per heavy atom. The fraction of sp³-hybridized carbons (Fsp3) is 0.133. The zero-order valence-corrected chi connectivity index (χ0v) is 11.4. The number of ether oxygens (including phenoxy) is 1. The molecule has 0 fully saturated rings. The Kier molecular flexibility index (Phi) is 3.24. The average Bonchev–Trinajstić information content (AvgIpc) is 2.46. The Hall–Kier alpha value is -2.20. The first-order valence-electron chi connectivity index (χ1n) is 6.26. The number of halogens is 1. The van der Waals surface area contributed by atoms with Gasteiger partial charge in [0.15, 0.2) is 0 Å². The van der Waals surface area contributed by atoms with Gasteiger partial charge in [-0.05, 0) is 24.3 Å². The van der Waals surface area contributed by atoms with Crippen LogP contribution in [-0.4, -0.2) is 19.1 Å². The van der Waals surface area contributed by atoms with E-state index < -0.39 is 0 Å². The summed E-state index contributed by atoms with van der Waals surface area (Å²) >= 11 is 6.11. The number of para-hydroxylation sites is 2. The topological polar surface area (TPSA) is 55.6 Å². The third-order valence-electron chi connectivity index (χ3n) is 3.23. The first kappa shape index (κ1) is 12.8. The van der Waals surface area contributed by atoms with Crippen molar-refractivity contribution in [3.8, 4) is 5.75 Å². The van der Waals surface area contributed by atoms with E-state index in [0.29, 0.717) is 35.2 Å². The van der Waals surface area contributed by atoms with Gasteiger partial charge in [-0.3, -0.25) is 4.79 Å². The van der Waals surface area contributed by atoms with E-state index in [2.05, 4.69) is 0 Å². The van der Waals surface area contributed by atoms with E-state index in [1.807, 2.05) is 24.3 Å². The van der Waals surface area contributed by atoms with Gasteiger partial charge in [-0.2, -0.15) is 0 Å². The zero-order valence-electron chi connectivity index (χ0n) is 10.7. The highest BCUT2D eigenvalue weighted by atomic mass is 35.5. The first-order valence-corrected chi connectivity index (χ1v) is 6.64. The second-order valence-corrected chi connectivity index (χ2v) is 4.88. The summed E-state index contributed by atoms with van der Waals surface area (Å²) in [6, 6.07) is 12.5. The third kappa shape index (κ3) is 2.08. The maximum Gasteiger partial charge on any atom is 0.262 e. The Morgan fingerprint density at radius 1 is 1.20 bits per heavy atom. The van der Waals surface area contributed by atoms with E-state index in [1.54, 1.807) is 23.1 Å². The minimum Gasteiger partial charge on any atom is -0.490 e. The average molecular weight is 289 g/mol. The van der Waals surface area contributed by atoms with Crippen molar-refractivity contribution in [1.82, 2.24) is 0 Å². The van der Waals surface area contributed by atoms with Crippen LogP contribution in [0.2, 0.25) is 5.02 Å². The van der Waals surface area contributed by atoms with Gasteiger partial charge in [0, 0.05) is 5.69 Å². The minimum absolute atomic E-state index is 0.205. The molecule has 2 N–H and O–H groups in total. The van der Waals surface area contributed by atoms with Crippen LogP contribution in [0.3, 0.4) is 0 Å². The Morgan fingerprint density at radius 2 is 2.00 bits per heavy atom. The van der Waals surface area contributed by atoms with Gasteiger partial charge in [0.05, 0.1) is 22.8 Å². The van der Waals surface area contributed by atoms with Crippen LogP contribution in [0.25, 0.3) is 0 Å². The lowest BCUT2D eigenvalue weighted by Crippen LogP contribution is -2.38. The second kappa shape index (κ2) is 5.06. The van der Waals surface area contributed by atoms with Gasteiger partial charge >= 0.3 is 0 Å². The number of nitrogens with two attached hydrogens (primary N) is 1. The number of carbonyl (C=O) groups is 1. The fourth-order valence-corrected chi connectivity index (χ4v) is 2.54. The minimum atomic E-state index is -0.205. The first-order chi connectivity index (χ1) is 9.68. The fourth-order valence-electron chi connectivity index (χ4n) is 2.28. The number of carbonyl (C=O) groups excluding carboxylic acids is 1. The number of amides is 1. The molecule has 102 valence electrons. The van der Waals surface area contributed by atoms with Crippen LogP contribution in [0.15, 0.2) is 42.5 Å². The van der Waals surface area contributed by atoms with Gasteiger partial charge in [-0.1, -0.05) is 29.8 Å². The maximum atomic E-state index is 12.7. The highest BCUT2D eigenvalue weighted by molar-refractivity contribution is 6.35. The van der Waals surface area contributed by atoms with Gasteiger partial charge in [0.2, 0.25) is 0 Å². The van der Waals surface area contributed by atoms with Crippen LogP contribution >= 0.6 is 11.6 Å². The number of anilines is 2. The van der Waals surface area contributed by atoms with E-state index in [4.69, 9.17) is 22.1 Å². The molecule has 0 spiro atoms. The van der Waals surface area contributed by atoms with Gasteiger partial charge in [-0.25, -0.2) is 0 Å². The summed E-state index contributed by atoms with van der Waals surface area (Å²) in [6.45, 7) is 0.924. The molecule has 1 aliphatic rings. The molecule has 0 unspecified atom stereocenters. The molecule has 2 aromatic rings. The molecule has 5 heteroatoms. The van der Waals surface area contributed by atoms with Crippen molar-refractivity contribution in [3.05, 3.63) is 53.1 Å². The molecular weight excluding hydrogens is 276 g/mol. The van der Waals surface area contributed by atoms with Crippen LogP contribution in [0.5, 0.6) is 5.75 Å². The molecule has 0 atom stereocenters. The second-order valence-electron chi connectivity index (χ2n) is 4.48. The van der Waals surface area contributed by atoms with E-state index in [9.17, 15) is 4.79 Å². The summed E-state index contributed by atoms with van der Waals surface area (Å²) in [5.74, 6) is 0.488. The number of hydrogen-bond acceptors (Lipinski definition) is 3. The monoisotopic (exact) mass is 288 g/mol. The van der Waals surface area contributed by atoms with E-state index in [1.165, 1.54) is 0 Å². The molecule has 0 aliphatic carbocycles. The van der Waals surface area contributed by atoms with Gasteiger partial charge < -0.3 is 15.4 Å². The van der Waals surface area contributed by atoms with Crippen molar-refractivity contribution in [2.45, 2.75) is 0 Å². The standard InChI is InChI=1S/C15H13ClN2O2/c16-10-4-3-5-11(17)14(10)15(19)18-8-9-20-13-7-2-1-6-12(13)18/h1-7H,8-9,17H2. The van der Waals surface area contributed by atoms with Crippen molar-refractivity contribution in [3.63, 3.8) is 0 Å². The molecule has 0 aromatic heterocycles. The summed E-state index contributed by atoms with van der Waals surface area (Å²) in [6.07, 6.45) is 0. The molecule has 4 nitrogen and oxygen atoms in total. The number of fused-ring (bicyclic) bond motifs is 1. The predicted octanol–water partition coefficient (Wildman–Crippen LogP) is 2.96. The molecule has 3 rings (SSSR count). The van der Waals surface area contributed by atoms with E-state index in [-0.39, 0.29) is 5.91 Å². The highest BCUT2D eigenvalue weighted by Gasteiger charge is 2.26. The number of nitrogen functional groups attached to an aromatic ring is 1. The lowest BCUT2D eigenvalue weighted by atomic mass is 10.1. The van der Waals surface area contributed by atoms with Crippen molar-refractivity contribution in [1.29, 1.82) is 0 Å². The number of nitrogens with zero attached hydrogens (tertiary/aromatic N) is 1. The largest absolute Gasteiger partial charge is 0.490 e. The summed E-state index contributed by atoms with van der Waals surface area (Å²) in [4.78, 5) is 14.4. The van der Waals surface area contributed by atoms with Gasteiger partial charge in [0.1, 0.15) is 12.4 Å². The number of rotatable bonds is 1. The zero-order chi connectivity index (χ0) is 14.1. The third-order valence-corrected chi connectivity index (χ3v) is 3.55. The van der Waals surface area contributed by atoms with Gasteiger partial charge in [0.25, 0.3) is 5.91 Å². The van der Waals surface area contributed by atoms with E-state index in [0.717, 1.165) is 5.69 Å². The van der Waals surface area contributed by atoms with Crippen LogP contribution < -0.4 is 15.4 Å². The normalized spacial score (nSPS) is 13.6. The molecule has 20 heavy (non-hydrogen) atoms. The summed E-state index contributed by atoms with van der Waals surface area (Å²) < 4.78 is 5.54. The van der Waals surface area contributed by atoms with Crippen molar-refractivity contribution in [2.24, 2.45) is 0 Å². The lowest BCUT2D eigenvalue weighted by molar-refractivity contribution is 0.0977. The summed E-state index contributed by atoms with van der Waals surface area (Å²) in [7, 11) is 0. The molecule has 0 saturated heterocycles. The molecular formula is C15H13ClN2O2. The molecule has 2 aromatic carbocycles. The Labute approximate surface area is 121 Å². The summed E-state index contributed by atoms with van der Waals surface area (Å²) in [5, 5.41) is 0.360. The summed E-state index contributed by atoms with van der Waals surface area (Å²) in [5.41, 5.74) is 7.34. The molecule has 0 radical (unpaired) electrons. The molecule has 0 saturated carbocycles. The Bertz CT molecular complexity index is 652. The van der Waals surface area contributed by atoms with Crippen LogP contribution in [0.1, 0.15) is 10.4 Å². The van der Waals surface area contributed by atoms with Crippen molar-refractivity contribution >= 4 is 28.9 Å². The van der Waals surface area contributed by atoms with E-state index >= 15 is 0 Å². The molecule has 1 aliphatic heterocycles. The van der Waals surface area contributed by atoms with Crippen molar-refractivity contribution in [2.75, 3.05) is 23.8 Å². The highest BCUT2D eigenvalue weighted by Crippen LogP contribution is 2.34. The quantitative estimate of drug-likeness (QED) is 0.821. The lowest BCUT2D eigenvalue weighted by Gasteiger charge is -2.30. The maximum absolute atomic E-state index is 12.7. The predicted molar refractivity (Wildman–Crippen MR) is 79.5 cm³/mol. The van der Waals surface area contributed by atoms with Crippen LogP contribution in [-0.2, 0) is 0 Å². The van der Waals surface area contributed by atoms with Crippen molar-refractivity contribution < 1.29 is 9.53 Å². The smallest absolute Gasteiger partial charge is 0.262 e. The van der Waals surface area contributed by atoms with Gasteiger partial charge in [-0.15, -0.1) is 0 Å². The SMILES string of the molecule is Nc1cccc(Cl)c1C(=O)N1CCOc2ccccc21. The Balaban J connectivity index is 2.05. The molecule has 1 heterocycles. The number of benzene rings is 2. The molecule has 0 bridgehead atoms.